The van der Waals surface area contributed by atoms with Crippen molar-refractivity contribution in [3.63, 3.8) is 0 Å². The molecular formula is C14H23N3. The van der Waals surface area contributed by atoms with Crippen molar-refractivity contribution in [3.05, 3.63) is 24.0 Å². The molecule has 1 heterocycles. The van der Waals surface area contributed by atoms with Crippen LogP contribution >= 0.6 is 0 Å². The topological polar surface area (TPSA) is 28.2 Å². The lowest BCUT2D eigenvalue weighted by molar-refractivity contribution is 0.605. The third kappa shape index (κ3) is 2.78. The van der Waals surface area contributed by atoms with Crippen molar-refractivity contribution >= 4 is 5.69 Å². The molecule has 1 fully saturated rings. The van der Waals surface area contributed by atoms with Gasteiger partial charge in [-0.3, -0.25) is 4.98 Å². The summed E-state index contributed by atoms with van der Waals surface area (Å²) >= 11 is 0. The molecule has 3 nitrogen and oxygen atoms in total. The van der Waals surface area contributed by atoms with Crippen LogP contribution in [0.15, 0.2) is 18.3 Å². The van der Waals surface area contributed by atoms with E-state index in [0.29, 0.717) is 12.1 Å². The molecule has 1 aliphatic carbocycles. The normalized spacial score (nSPS) is 18.8. The minimum absolute atomic E-state index is 0.315. The minimum Gasteiger partial charge on any atom is -0.370 e. The lowest BCUT2D eigenvalue weighted by atomic mass is 10.1. The van der Waals surface area contributed by atoms with Crippen LogP contribution in [0.1, 0.15) is 38.4 Å². The summed E-state index contributed by atoms with van der Waals surface area (Å²) < 4.78 is 0. The maximum atomic E-state index is 4.53. The van der Waals surface area contributed by atoms with Crippen LogP contribution in [-0.4, -0.2) is 25.1 Å². The predicted octanol–water partition coefficient (Wildman–Crippen LogP) is 2.60. The van der Waals surface area contributed by atoms with E-state index < -0.39 is 0 Å². The van der Waals surface area contributed by atoms with Crippen molar-refractivity contribution in [2.45, 2.75) is 38.8 Å². The molecule has 17 heavy (non-hydrogen) atoms. The second-order valence-corrected chi connectivity index (χ2v) is 5.14. The Hall–Kier alpha value is -1.09. The summed E-state index contributed by atoms with van der Waals surface area (Å²) in [6.07, 6.45) is 4.75. The maximum absolute atomic E-state index is 4.53. The molecule has 0 bridgehead atoms. The van der Waals surface area contributed by atoms with Gasteiger partial charge in [-0.05, 0) is 51.8 Å². The van der Waals surface area contributed by atoms with Crippen LogP contribution in [0, 0.1) is 5.92 Å². The standard InChI is InChI=1S/C14H23N3/c1-10(15-3)14-8-7-13(9-16-14)17(4)11(2)12-5-6-12/h7-12,15H,5-6H2,1-4H3. The van der Waals surface area contributed by atoms with Gasteiger partial charge in [-0.25, -0.2) is 0 Å². The van der Waals surface area contributed by atoms with Gasteiger partial charge in [0, 0.05) is 19.1 Å². The average Bonchev–Trinajstić information content (AvgIpc) is 3.20. The molecule has 0 aliphatic heterocycles. The van der Waals surface area contributed by atoms with E-state index in [1.54, 1.807) is 0 Å². The van der Waals surface area contributed by atoms with Crippen LogP contribution in [0.4, 0.5) is 5.69 Å². The Morgan fingerprint density at radius 2 is 2.06 bits per heavy atom. The highest BCUT2D eigenvalue weighted by molar-refractivity contribution is 5.45. The fourth-order valence-electron chi connectivity index (χ4n) is 2.14. The van der Waals surface area contributed by atoms with E-state index in [1.165, 1.54) is 18.5 Å². The van der Waals surface area contributed by atoms with Crippen molar-refractivity contribution < 1.29 is 0 Å². The summed E-state index contributed by atoms with van der Waals surface area (Å²) in [6, 6.07) is 5.24. The molecule has 1 saturated carbocycles. The minimum atomic E-state index is 0.315. The zero-order valence-corrected chi connectivity index (χ0v) is 11.3. The Kier molecular flexibility index (Phi) is 3.67. The van der Waals surface area contributed by atoms with Crippen LogP contribution in [-0.2, 0) is 0 Å². The Balaban J connectivity index is 2.06. The van der Waals surface area contributed by atoms with Crippen molar-refractivity contribution in [2.24, 2.45) is 5.92 Å². The van der Waals surface area contributed by atoms with Crippen LogP contribution in [0.25, 0.3) is 0 Å². The SMILES string of the molecule is CNC(C)c1ccc(N(C)C(C)C2CC2)cn1. The Labute approximate surface area is 104 Å². The molecule has 2 atom stereocenters. The zero-order chi connectivity index (χ0) is 12.4. The molecular weight excluding hydrogens is 210 g/mol. The number of aromatic nitrogens is 1. The van der Waals surface area contributed by atoms with Gasteiger partial charge in [0.2, 0.25) is 0 Å². The number of hydrogen-bond donors (Lipinski definition) is 1. The molecule has 0 radical (unpaired) electrons. The molecule has 0 spiro atoms. The van der Waals surface area contributed by atoms with Gasteiger partial charge in [-0.2, -0.15) is 0 Å². The first kappa shape index (κ1) is 12.4. The number of hydrogen-bond acceptors (Lipinski definition) is 3. The third-order valence-corrected chi connectivity index (χ3v) is 3.97. The quantitative estimate of drug-likeness (QED) is 0.847. The molecule has 0 amide bonds. The zero-order valence-electron chi connectivity index (χ0n) is 11.3. The number of anilines is 1. The number of rotatable bonds is 5. The summed E-state index contributed by atoms with van der Waals surface area (Å²) in [5, 5.41) is 3.20. The van der Waals surface area contributed by atoms with Crippen LogP contribution < -0.4 is 10.2 Å². The van der Waals surface area contributed by atoms with E-state index in [1.807, 2.05) is 13.2 Å². The summed E-state index contributed by atoms with van der Waals surface area (Å²) in [6.45, 7) is 4.43. The molecule has 1 aliphatic rings. The summed E-state index contributed by atoms with van der Waals surface area (Å²) in [7, 11) is 4.13. The highest BCUT2D eigenvalue weighted by atomic mass is 15.1. The van der Waals surface area contributed by atoms with Crippen LogP contribution in [0.5, 0.6) is 0 Å². The van der Waals surface area contributed by atoms with E-state index in [4.69, 9.17) is 0 Å². The van der Waals surface area contributed by atoms with Gasteiger partial charge in [-0.1, -0.05) is 0 Å². The monoisotopic (exact) mass is 233 g/mol. The highest BCUT2D eigenvalue weighted by Crippen LogP contribution is 2.36. The van der Waals surface area contributed by atoms with Crippen molar-refractivity contribution in [2.75, 3.05) is 19.0 Å². The average molecular weight is 233 g/mol. The molecule has 2 rings (SSSR count). The predicted molar refractivity (Wildman–Crippen MR) is 72.3 cm³/mol. The van der Waals surface area contributed by atoms with Crippen molar-refractivity contribution in [1.29, 1.82) is 0 Å². The fourth-order valence-corrected chi connectivity index (χ4v) is 2.14. The van der Waals surface area contributed by atoms with Gasteiger partial charge in [0.25, 0.3) is 0 Å². The molecule has 3 heteroatoms. The first-order valence-corrected chi connectivity index (χ1v) is 6.49. The van der Waals surface area contributed by atoms with Crippen molar-refractivity contribution in [1.82, 2.24) is 10.3 Å². The number of nitrogens with zero attached hydrogens (tertiary/aromatic N) is 2. The molecule has 2 unspecified atom stereocenters. The lowest BCUT2D eigenvalue weighted by Gasteiger charge is -2.27. The first-order chi connectivity index (χ1) is 8.13. The third-order valence-electron chi connectivity index (χ3n) is 3.97. The van der Waals surface area contributed by atoms with Gasteiger partial charge in [0.15, 0.2) is 0 Å². The number of pyridine rings is 1. The fraction of sp³-hybridized carbons (Fsp3) is 0.643. The van der Waals surface area contributed by atoms with E-state index in [-0.39, 0.29) is 0 Å². The molecule has 0 saturated heterocycles. The van der Waals surface area contributed by atoms with E-state index in [2.05, 4.69) is 48.2 Å². The highest BCUT2D eigenvalue weighted by Gasteiger charge is 2.30. The number of nitrogens with one attached hydrogen (secondary N) is 1. The van der Waals surface area contributed by atoms with Gasteiger partial charge >= 0.3 is 0 Å². The summed E-state index contributed by atoms with van der Waals surface area (Å²) in [5.41, 5.74) is 2.32. The maximum Gasteiger partial charge on any atom is 0.0571 e. The molecule has 94 valence electrons. The summed E-state index contributed by atoms with van der Waals surface area (Å²) in [4.78, 5) is 6.87. The Morgan fingerprint density at radius 1 is 1.35 bits per heavy atom. The van der Waals surface area contributed by atoms with Gasteiger partial charge in [0.05, 0.1) is 17.6 Å². The largest absolute Gasteiger partial charge is 0.370 e. The second-order valence-electron chi connectivity index (χ2n) is 5.14. The van der Waals surface area contributed by atoms with E-state index in [9.17, 15) is 0 Å². The molecule has 1 aromatic rings. The lowest BCUT2D eigenvalue weighted by Crippen LogP contribution is -2.30. The molecule has 0 aromatic carbocycles. The van der Waals surface area contributed by atoms with Gasteiger partial charge in [0.1, 0.15) is 0 Å². The van der Waals surface area contributed by atoms with Gasteiger partial charge in [-0.15, -0.1) is 0 Å². The van der Waals surface area contributed by atoms with E-state index in [0.717, 1.165) is 11.6 Å². The Morgan fingerprint density at radius 3 is 2.53 bits per heavy atom. The van der Waals surface area contributed by atoms with Crippen LogP contribution in [0.3, 0.4) is 0 Å². The van der Waals surface area contributed by atoms with E-state index >= 15 is 0 Å². The first-order valence-electron chi connectivity index (χ1n) is 6.49. The van der Waals surface area contributed by atoms with Crippen molar-refractivity contribution in [3.8, 4) is 0 Å². The van der Waals surface area contributed by atoms with Crippen LogP contribution in [0.2, 0.25) is 0 Å². The van der Waals surface area contributed by atoms with Gasteiger partial charge < -0.3 is 10.2 Å². The Bertz CT molecular complexity index is 356. The second kappa shape index (κ2) is 5.05. The summed E-state index contributed by atoms with van der Waals surface area (Å²) in [5.74, 6) is 0.885. The molecule has 1 N–H and O–H groups in total. The molecule has 1 aromatic heterocycles. The smallest absolute Gasteiger partial charge is 0.0571 e.